The lowest BCUT2D eigenvalue weighted by molar-refractivity contribution is -0.117. The van der Waals surface area contributed by atoms with E-state index in [-0.39, 0.29) is 17.4 Å². The molecule has 1 aromatic rings. The number of hydrogen-bond donors (Lipinski definition) is 1. The van der Waals surface area contributed by atoms with Crippen LogP contribution in [0, 0.1) is 5.92 Å². The van der Waals surface area contributed by atoms with Gasteiger partial charge in [-0.2, -0.15) is 16.9 Å². The second-order valence-electron chi connectivity index (χ2n) is 6.11. The number of amides is 1. The number of hydrogen-bond acceptors (Lipinski definition) is 3. The highest BCUT2D eigenvalue weighted by Crippen LogP contribution is 2.38. The number of anilines is 1. The summed E-state index contributed by atoms with van der Waals surface area (Å²) in [5.74, 6) is 3.26. The van der Waals surface area contributed by atoms with Gasteiger partial charge in [0.25, 0.3) is 0 Å². The number of carbonyl (C=O) groups is 1. The van der Waals surface area contributed by atoms with Crippen LogP contribution < -0.4 is 5.32 Å². The van der Waals surface area contributed by atoms with Crippen molar-refractivity contribution in [1.82, 2.24) is 9.78 Å². The van der Waals surface area contributed by atoms with Crippen molar-refractivity contribution in [2.24, 2.45) is 5.92 Å². The molecule has 0 unspecified atom stereocenters. The Kier molecular flexibility index (Phi) is 2.70. The van der Waals surface area contributed by atoms with Gasteiger partial charge in [0, 0.05) is 23.0 Å². The van der Waals surface area contributed by atoms with Crippen molar-refractivity contribution in [3.8, 4) is 0 Å². The molecule has 1 fully saturated rings. The number of fused-ring (bicyclic) bond motifs is 1. The van der Waals surface area contributed by atoms with E-state index in [4.69, 9.17) is 0 Å². The van der Waals surface area contributed by atoms with Gasteiger partial charge in [-0.1, -0.05) is 0 Å². The molecule has 1 aliphatic heterocycles. The van der Waals surface area contributed by atoms with Gasteiger partial charge in [-0.3, -0.25) is 4.79 Å². The Morgan fingerprint density at radius 3 is 2.72 bits per heavy atom. The predicted octanol–water partition coefficient (Wildman–Crippen LogP) is 2.73. The first-order valence-electron chi connectivity index (χ1n) is 6.46. The van der Waals surface area contributed by atoms with Gasteiger partial charge in [0.05, 0.1) is 11.2 Å². The molecular weight excluding hydrogens is 246 g/mol. The molecule has 2 aliphatic rings. The molecule has 0 spiro atoms. The Labute approximate surface area is 112 Å². The third kappa shape index (κ3) is 2.05. The van der Waals surface area contributed by atoms with Crippen LogP contribution in [0.25, 0.3) is 0 Å². The van der Waals surface area contributed by atoms with E-state index in [2.05, 4.69) is 31.2 Å². The number of nitrogens with one attached hydrogen (secondary N) is 1. The third-order valence-electron chi connectivity index (χ3n) is 3.38. The summed E-state index contributed by atoms with van der Waals surface area (Å²) in [4.78, 5) is 12.0. The van der Waals surface area contributed by atoms with E-state index in [1.807, 2.05) is 16.4 Å². The molecule has 0 radical (unpaired) electrons. The van der Waals surface area contributed by atoms with Crippen LogP contribution in [-0.2, 0) is 21.8 Å². The molecule has 0 aromatic carbocycles. The van der Waals surface area contributed by atoms with Gasteiger partial charge in [0.1, 0.15) is 5.82 Å². The highest BCUT2D eigenvalue weighted by molar-refractivity contribution is 7.98. The van der Waals surface area contributed by atoms with E-state index in [0.717, 1.165) is 35.9 Å². The van der Waals surface area contributed by atoms with Crippen LogP contribution in [0.4, 0.5) is 5.82 Å². The van der Waals surface area contributed by atoms with Crippen molar-refractivity contribution in [1.29, 1.82) is 0 Å². The van der Waals surface area contributed by atoms with Crippen LogP contribution in [0.3, 0.4) is 0 Å². The van der Waals surface area contributed by atoms with Gasteiger partial charge in [-0.15, -0.1) is 0 Å². The van der Waals surface area contributed by atoms with Crippen molar-refractivity contribution in [2.45, 2.75) is 50.7 Å². The summed E-state index contributed by atoms with van der Waals surface area (Å²) in [6.45, 7) is 6.36. The molecule has 98 valence electrons. The van der Waals surface area contributed by atoms with Crippen LogP contribution in [-0.4, -0.2) is 15.7 Å². The maximum absolute atomic E-state index is 12.0. The number of nitrogens with zero attached hydrogens (tertiary/aromatic N) is 2. The molecular formula is C13H19N3OS. The predicted molar refractivity (Wildman–Crippen MR) is 73.6 cm³/mol. The summed E-state index contributed by atoms with van der Waals surface area (Å²) in [6, 6.07) is 0. The largest absolute Gasteiger partial charge is 0.310 e. The Hall–Kier alpha value is -0.970. The van der Waals surface area contributed by atoms with E-state index < -0.39 is 0 Å². The fourth-order valence-electron chi connectivity index (χ4n) is 2.19. The monoisotopic (exact) mass is 265 g/mol. The van der Waals surface area contributed by atoms with Gasteiger partial charge in [0.2, 0.25) is 5.91 Å². The second kappa shape index (κ2) is 4.02. The van der Waals surface area contributed by atoms with Crippen molar-refractivity contribution in [3.05, 3.63) is 11.3 Å². The van der Waals surface area contributed by atoms with Crippen LogP contribution in [0.2, 0.25) is 0 Å². The molecule has 1 aromatic heterocycles. The molecule has 1 N–H and O–H groups in total. The third-order valence-corrected chi connectivity index (χ3v) is 4.35. The van der Waals surface area contributed by atoms with Crippen LogP contribution in [0.15, 0.2) is 0 Å². The Bertz CT molecular complexity index is 497. The lowest BCUT2D eigenvalue weighted by Gasteiger charge is -2.23. The van der Waals surface area contributed by atoms with Crippen LogP contribution >= 0.6 is 11.8 Å². The molecule has 1 amide bonds. The molecule has 18 heavy (non-hydrogen) atoms. The van der Waals surface area contributed by atoms with Gasteiger partial charge < -0.3 is 5.32 Å². The molecule has 0 saturated heterocycles. The molecule has 5 heteroatoms. The summed E-state index contributed by atoms with van der Waals surface area (Å²) in [6.07, 6.45) is 2.07. The van der Waals surface area contributed by atoms with E-state index in [0.29, 0.717) is 0 Å². The maximum atomic E-state index is 12.0. The molecule has 0 atom stereocenters. The average Bonchev–Trinajstić information content (AvgIpc) is 2.91. The first kappa shape index (κ1) is 12.1. The zero-order chi connectivity index (χ0) is 12.9. The summed E-state index contributed by atoms with van der Waals surface area (Å²) >= 11 is 1.87. The minimum atomic E-state index is -0.0961. The van der Waals surface area contributed by atoms with Gasteiger partial charge in [0.15, 0.2) is 0 Å². The first-order chi connectivity index (χ1) is 8.47. The average molecular weight is 265 g/mol. The van der Waals surface area contributed by atoms with Crippen molar-refractivity contribution < 1.29 is 4.79 Å². The van der Waals surface area contributed by atoms with E-state index in [1.165, 1.54) is 5.56 Å². The van der Waals surface area contributed by atoms with Crippen LogP contribution in [0.1, 0.15) is 44.9 Å². The molecule has 2 heterocycles. The van der Waals surface area contributed by atoms with E-state index >= 15 is 0 Å². The standard InChI is InChI=1S/C13H19N3OS/c1-13(2,3)16-11(14-12(17)8-4-5-8)9-6-18-7-10(9)15-16/h8H,4-7H2,1-3H3,(H,14,17). The normalized spacial score (nSPS) is 18.8. The number of thioether (sulfide) groups is 1. The topological polar surface area (TPSA) is 46.9 Å². The zero-order valence-electron chi connectivity index (χ0n) is 11.1. The fraction of sp³-hybridized carbons (Fsp3) is 0.692. The fourth-order valence-corrected chi connectivity index (χ4v) is 3.23. The quantitative estimate of drug-likeness (QED) is 0.894. The Morgan fingerprint density at radius 1 is 1.39 bits per heavy atom. The molecule has 4 nitrogen and oxygen atoms in total. The SMILES string of the molecule is CC(C)(C)n1nc2c(c1NC(=O)C1CC1)CSC2. The minimum Gasteiger partial charge on any atom is -0.310 e. The first-order valence-corrected chi connectivity index (χ1v) is 7.62. The second-order valence-corrected chi connectivity index (χ2v) is 7.10. The molecule has 1 saturated carbocycles. The van der Waals surface area contributed by atoms with Gasteiger partial charge in [-0.05, 0) is 33.6 Å². The number of rotatable bonds is 2. The lowest BCUT2D eigenvalue weighted by atomic mass is 10.1. The van der Waals surface area contributed by atoms with Gasteiger partial charge >= 0.3 is 0 Å². The maximum Gasteiger partial charge on any atom is 0.228 e. The molecule has 3 rings (SSSR count). The smallest absolute Gasteiger partial charge is 0.228 e. The summed E-state index contributed by atoms with van der Waals surface area (Å²) < 4.78 is 1.98. The highest BCUT2D eigenvalue weighted by atomic mass is 32.2. The van der Waals surface area contributed by atoms with E-state index in [1.54, 1.807) is 0 Å². The lowest BCUT2D eigenvalue weighted by Crippen LogP contribution is -2.27. The van der Waals surface area contributed by atoms with Crippen molar-refractivity contribution in [3.63, 3.8) is 0 Å². The van der Waals surface area contributed by atoms with Crippen LogP contribution in [0.5, 0.6) is 0 Å². The van der Waals surface area contributed by atoms with Crippen molar-refractivity contribution >= 4 is 23.5 Å². The minimum absolute atomic E-state index is 0.0961. The van der Waals surface area contributed by atoms with Gasteiger partial charge in [-0.25, -0.2) is 4.68 Å². The molecule has 1 aliphatic carbocycles. The number of carbonyl (C=O) groups excluding carboxylic acids is 1. The molecule has 0 bridgehead atoms. The Morgan fingerprint density at radius 2 is 2.11 bits per heavy atom. The van der Waals surface area contributed by atoms with E-state index in [9.17, 15) is 4.79 Å². The number of aromatic nitrogens is 2. The summed E-state index contributed by atoms with van der Waals surface area (Å²) in [5.41, 5.74) is 2.27. The summed E-state index contributed by atoms with van der Waals surface area (Å²) in [5, 5.41) is 7.78. The summed E-state index contributed by atoms with van der Waals surface area (Å²) in [7, 11) is 0. The zero-order valence-corrected chi connectivity index (χ0v) is 11.9. The Balaban J connectivity index is 1.96. The van der Waals surface area contributed by atoms with Crippen molar-refractivity contribution in [2.75, 3.05) is 5.32 Å². The highest BCUT2D eigenvalue weighted by Gasteiger charge is 2.33.